The largest absolute Gasteiger partial charge is 0.508 e. The Balaban J connectivity index is 1.44. The summed E-state index contributed by atoms with van der Waals surface area (Å²) in [7, 11) is -0.972. The van der Waals surface area contributed by atoms with Crippen molar-refractivity contribution in [3.05, 3.63) is 76.9 Å². The Kier molecular flexibility index (Phi) is 7.60. The molecule has 0 unspecified atom stereocenters. The van der Waals surface area contributed by atoms with E-state index in [0.29, 0.717) is 24.8 Å². The number of carbonyl (C=O) groups excluding carboxylic acids is 2. The molecule has 198 valence electrons. The highest BCUT2D eigenvalue weighted by molar-refractivity contribution is 6.43. The number of imide groups is 1. The van der Waals surface area contributed by atoms with Gasteiger partial charge in [0.25, 0.3) is 0 Å². The minimum absolute atomic E-state index is 0.133. The summed E-state index contributed by atoms with van der Waals surface area (Å²) in [6, 6.07) is 16.3. The Bertz CT molecular complexity index is 1250. The highest BCUT2D eigenvalue weighted by Crippen LogP contribution is 2.52. The lowest BCUT2D eigenvalue weighted by Crippen LogP contribution is -2.46. The van der Waals surface area contributed by atoms with E-state index in [0.717, 1.165) is 24.0 Å². The van der Waals surface area contributed by atoms with Crippen molar-refractivity contribution < 1.29 is 24.4 Å². The fourth-order valence-corrected chi connectivity index (χ4v) is 6.56. The molecule has 6 nitrogen and oxygen atoms in total. The van der Waals surface area contributed by atoms with Crippen LogP contribution in [0.4, 0.5) is 5.69 Å². The van der Waals surface area contributed by atoms with Gasteiger partial charge in [0, 0.05) is 0 Å². The first-order chi connectivity index (χ1) is 18.3. The predicted molar refractivity (Wildman–Crippen MR) is 149 cm³/mol. The zero-order chi connectivity index (χ0) is 27.0. The second-order valence-corrected chi connectivity index (χ2v) is 11.0. The molecule has 3 aliphatic rings. The van der Waals surface area contributed by atoms with Crippen LogP contribution in [0.2, 0.25) is 6.32 Å². The molecule has 7 heteroatoms. The third-order valence-electron chi connectivity index (χ3n) is 8.40. The second-order valence-electron chi connectivity index (χ2n) is 11.0. The number of hydrogen-bond donors (Lipinski definition) is 2. The first-order valence-electron chi connectivity index (χ1n) is 13.8. The van der Waals surface area contributed by atoms with E-state index in [1.165, 1.54) is 16.0 Å². The molecular formula is C31H36BNO5. The third-order valence-corrected chi connectivity index (χ3v) is 8.40. The van der Waals surface area contributed by atoms with Crippen LogP contribution in [0.1, 0.15) is 52.0 Å². The van der Waals surface area contributed by atoms with Crippen molar-refractivity contribution in [2.45, 2.75) is 58.9 Å². The molecule has 2 aliphatic heterocycles. The number of nitrogens with zero attached hydrogens (tertiary/aromatic N) is 1. The van der Waals surface area contributed by atoms with Gasteiger partial charge in [-0.05, 0) is 79.2 Å². The van der Waals surface area contributed by atoms with E-state index in [1.807, 2.05) is 30.3 Å². The van der Waals surface area contributed by atoms with Crippen molar-refractivity contribution in [1.82, 2.24) is 0 Å². The average Bonchev–Trinajstić information content (AvgIpc) is 3.16. The number of rotatable bonds is 7. The molecule has 0 bridgehead atoms. The van der Waals surface area contributed by atoms with Crippen LogP contribution in [0.5, 0.6) is 5.75 Å². The van der Waals surface area contributed by atoms with Crippen LogP contribution in [0, 0.1) is 23.7 Å². The second kappa shape index (κ2) is 10.9. The molecule has 1 aliphatic carbocycles. The number of amides is 2. The number of phenolic OH excluding ortho intramolecular Hbond substituents is 1. The van der Waals surface area contributed by atoms with Gasteiger partial charge in [0.05, 0.1) is 23.6 Å². The maximum atomic E-state index is 13.8. The van der Waals surface area contributed by atoms with Crippen LogP contribution >= 0.6 is 0 Å². The summed E-state index contributed by atoms with van der Waals surface area (Å²) in [6.45, 7) is 6.40. The highest BCUT2D eigenvalue weighted by Gasteiger charge is 2.57. The summed E-state index contributed by atoms with van der Waals surface area (Å²) in [4.78, 5) is 28.7. The molecule has 38 heavy (non-hydrogen) atoms. The average molecular weight is 513 g/mol. The molecule has 2 saturated heterocycles. The van der Waals surface area contributed by atoms with Gasteiger partial charge < -0.3 is 14.8 Å². The lowest BCUT2D eigenvalue weighted by atomic mass is 9.57. The molecule has 2 aromatic carbocycles. The number of para-hydroxylation sites is 1. The molecule has 0 aromatic heterocycles. The number of aromatic hydroxyl groups is 1. The molecule has 2 fully saturated rings. The molecule has 2 amide bonds. The van der Waals surface area contributed by atoms with Gasteiger partial charge in [-0.15, -0.1) is 0 Å². The molecular weight excluding hydrogens is 477 g/mol. The van der Waals surface area contributed by atoms with Gasteiger partial charge in [0.2, 0.25) is 11.8 Å². The number of benzene rings is 2. The summed E-state index contributed by atoms with van der Waals surface area (Å²) in [5.41, 5.74) is 5.22. The highest BCUT2D eigenvalue weighted by atomic mass is 16.5. The number of allylic oxidation sites excluding steroid dienone is 2. The molecule has 5 rings (SSSR count). The summed E-state index contributed by atoms with van der Waals surface area (Å²) in [6.07, 6.45) is 5.08. The van der Waals surface area contributed by atoms with E-state index in [-0.39, 0.29) is 35.5 Å². The number of phenols is 1. The Labute approximate surface area is 225 Å². The van der Waals surface area contributed by atoms with Crippen LogP contribution in [-0.4, -0.2) is 35.2 Å². The Morgan fingerprint density at radius 3 is 2.45 bits per heavy atom. The van der Waals surface area contributed by atoms with Gasteiger partial charge >= 0.3 is 7.12 Å². The molecule has 0 spiro atoms. The summed E-state index contributed by atoms with van der Waals surface area (Å²) in [5.74, 6) is -0.931. The van der Waals surface area contributed by atoms with Gasteiger partial charge in [-0.3, -0.25) is 14.5 Å². The fourth-order valence-electron chi connectivity index (χ4n) is 6.56. The van der Waals surface area contributed by atoms with Crippen molar-refractivity contribution in [2.75, 3.05) is 4.90 Å². The van der Waals surface area contributed by atoms with Crippen molar-refractivity contribution in [3.8, 4) is 5.75 Å². The zero-order valence-corrected chi connectivity index (χ0v) is 22.3. The summed E-state index contributed by atoms with van der Waals surface area (Å²) < 4.78 is 6.15. The zero-order valence-electron chi connectivity index (χ0n) is 22.3. The van der Waals surface area contributed by atoms with E-state index in [2.05, 4.69) is 26.8 Å². The van der Waals surface area contributed by atoms with E-state index < -0.39 is 19.0 Å². The van der Waals surface area contributed by atoms with Crippen molar-refractivity contribution >= 4 is 30.7 Å². The van der Waals surface area contributed by atoms with Gasteiger partial charge in [0.1, 0.15) is 5.75 Å². The fraction of sp³-hybridized carbons (Fsp3) is 0.419. The molecule has 2 N–H and O–H groups in total. The first-order valence-corrected chi connectivity index (χ1v) is 13.8. The van der Waals surface area contributed by atoms with Gasteiger partial charge in [-0.2, -0.15) is 0 Å². The van der Waals surface area contributed by atoms with E-state index >= 15 is 0 Å². The predicted octanol–water partition coefficient (Wildman–Crippen LogP) is 5.62. The quantitative estimate of drug-likeness (QED) is 0.285. The third kappa shape index (κ3) is 4.97. The van der Waals surface area contributed by atoms with Gasteiger partial charge in [0.15, 0.2) is 0 Å². The smallest absolute Gasteiger partial charge is 0.455 e. The SMILES string of the molecule is CC/C(=C\c1ccc(O)cc1)CC[C@H]1OB(O)C[C@H]2C1=C(C(C)C)C[C@H]1C(=O)N(c3ccccc3)C(=O)[C@H]12. The molecule has 2 aromatic rings. The Morgan fingerprint density at radius 2 is 1.79 bits per heavy atom. The van der Waals surface area contributed by atoms with E-state index in [9.17, 15) is 19.7 Å². The maximum absolute atomic E-state index is 13.8. The molecule has 4 atom stereocenters. The number of anilines is 1. The van der Waals surface area contributed by atoms with E-state index in [4.69, 9.17) is 4.65 Å². The van der Waals surface area contributed by atoms with Gasteiger partial charge in [-0.1, -0.05) is 68.3 Å². The lowest BCUT2D eigenvalue weighted by Gasteiger charge is -2.44. The summed E-state index contributed by atoms with van der Waals surface area (Å²) in [5, 5.41) is 20.4. The molecule has 2 heterocycles. The van der Waals surface area contributed by atoms with Crippen molar-refractivity contribution in [1.29, 1.82) is 0 Å². The molecule has 0 radical (unpaired) electrons. The number of fused-ring (bicyclic) bond motifs is 3. The van der Waals surface area contributed by atoms with Gasteiger partial charge in [-0.25, -0.2) is 0 Å². The summed E-state index contributed by atoms with van der Waals surface area (Å²) >= 11 is 0. The van der Waals surface area contributed by atoms with Crippen LogP contribution < -0.4 is 4.90 Å². The van der Waals surface area contributed by atoms with Crippen LogP contribution in [0.15, 0.2) is 71.3 Å². The van der Waals surface area contributed by atoms with Crippen molar-refractivity contribution in [3.63, 3.8) is 0 Å². The van der Waals surface area contributed by atoms with Crippen LogP contribution in [0.25, 0.3) is 6.08 Å². The molecule has 0 saturated carbocycles. The number of hydrogen-bond acceptors (Lipinski definition) is 5. The number of carbonyl (C=O) groups is 2. The Hall–Kier alpha value is -3.16. The standard InChI is InChI=1S/C31H36BNO5/c1-4-20(16-21-10-13-23(34)14-11-21)12-15-27-28-24(19(2)3)17-25-29(26(28)18-32(37)38-27)31(36)33(30(25)35)22-8-6-5-7-9-22/h5-11,13-14,16,19,25-27,29,34,37H,4,12,15,17-18H2,1-3H3/b20-16+/t25-,26+,27-,29-/m1/s1. The topological polar surface area (TPSA) is 87.1 Å². The minimum atomic E-state index is -0.972. The maximum Gasteiger partial charge on any atom is 0.455 e. The van der Waals surface area contributed by atoms with E-state index in [1.54, 1.807) is 24.3 Å². The normalized spacial score (nSPS) is 25.8. The first kappa shape index (κ1) is 26.5. The Morgan fingerprint density at radius 1 is 1.08 bits per heavy atom. The minimum Gasteiger partial charge on any atom is -0.508 e. The lowest BCUT2D eigenvalue weighted by molar-refractivity contribution is -0.122. The van der Waals surface area contributed by atoms with Crippen LogP contribution in [0.3, 0.4) is 0 Å². The van der Waals surface area contributed by atoms with Crippen molar-refractivity contribution in [2.24, 2.45) is 23.7 Å². The monoisotopic (exact) mass is 513 g/mol. The van der Waals surface area contributed by atoms with Crippen LogP contribution in [-0.2, 0) is 14.2 Å².